The van der Waals surface area contributed by atoms with Gasteiger partial charge in [-0.15, -0.1) is 0 Å². The Morgan fingerprint density at radius 2 is 2.21 bits per heavy atom. The molecule has 1 aliphatic heterocycles. The third-order valence-electron chi connectivity index (χ3n) is 4.80. The van der Waals surface area contributed by atoms with E-state index >= 15 is 0 Å². The van der Waals surface area contributed by atoms with Gasteiger partial charge in [0.25, 0.3) is 5.92 Å². The van der Waals surface area contributed by atoms with Gasteiger partial charge in [0.05, 0.1) is 30.1 Å². The van der Waals surface area contributed by atoms with Crippen LogP contribution in [0.2, 0.25) is 0 Å². The quantitative estimate of drug-likeness (QED) is 0.732. The van der Waals surface area contributed by atoms with Gasteiger partial charge in [-0.2, -0.15) is 8.78 Å². The smallest absolute Gasteiger partial charge is 0.286 e. The summed E-state index contributed by atoms with van der Waals surface area (Å²) in [6, 6.07) is 6.49. The minimum absolute atomic E-state index is 0.139. The van der Waals surface area contributed by atoms with Crippen molar-refractivity contribution in [2.45, 2.75) is 32.2 Å². The molecule has 0 spiro atoms. The number of aromatic nitrogens is 3. The van der Waals surface area contributed by atoms with Gasteiger partial charge < -0.3 is 14.6 Å². The van der Waals surface area contributed by atoms with Gasteiger partial charge in [0.2, 0.25) is 5.91 Å². The number of alkyl halides is 2. The van der Waals surface area contributed by atoms with Gasteiger partial charge in [-0.3, -0.25) is 4.79 Å². The van der Waals surface area contributed by atoms with Crippen LogP contribution < -0.4 is 5.32 Å². The van der Waals surface area contributed by atoms with E-state index in [-0.39, 0.29) is 17.6 Å². The number of nitrogens with one attached hydrogen (secondary N) is 1. The van der Waals surface area contributed by atoms with Crippen LogP contribution in [-0.4, -0.2) is 33.7 Å². The molecule has 1 aliphatic rings. The highest BCUT2D eigenvalue weighted by atomic mass is 19.3. The standard InChI is InChI=1S/C20H20F2N4O2/c1-12(27)24-19-8-14-15(16-4-3-5-18(25-16)20(2,21)22)10-26(17(14)9-23-19)13-6-7-28-11-13/h3-5,8-10,13H,6-7,11H2,1-2H3,(H,23,24,27). The summed E-state index contributed by atoms with van der Waals surface area (Å²) in [6.45, 7) is 3.49. The summed E-state index contributed by atoms with van der Waals surface area (Å²) in [5, 5.41) is 3.45. The Bertz CT molecular complexity index is 1040. The average Bonchev–Trinajstić information content (AvgIpc) is 3.28. The molecular formula is C20H20F2N4O2. The maximum Gasteiger partial charge on any atom is 0.286 e. The van der Waals surface area contributed by atoms with E-state index in [4.69, 9.17) is 4.74 Å². The van der Waals surface area contributed by atoms with Crippen molar-refractivity contribution in [3.05, 3.63) is 42.4 Å². The lowest BCUT2D eigenvalue weighted by Gasteiger charge is -2.11. The number of rotatable bonds is 4. The number of hydrogen-bond acceptors (Lipinski definition) is 4. The third kappa shape index (κ3) is 3.47. The number of hydrogen-bond donors (Lipinski definition) is 1. The minimum atomic E-state index is -3.03. The zero-order valence-electron chi connectivity index (χ0n) is 15.6. The van der Waals surface area contributed by atoms with E-state index in [1.807, 2.05) is 6.20 Å². The lowest BCUT2D eigenvalue weighted by atomic mass is 10.1. The third-order valence-corrected chi connectivity index (χ3v) is 4.80. The molecule has 1 atom stereocenters. The molecule has 4 heterocycles. The summed E-state index contributed by atoms with van der Waals surface area (Å²) in [6.07, 6.45) is 4.45. The number of ether oxygens (including phenoxy) is 1. The van der Waals surface area contributed by atoms with E-state index in [2.05, 4.69) is 19.9 Å². The average molecular weight is 386 g/mol. The van der Waals surface area contributed by atoms with Crippen molar-refractivity contribution in [2.75, 3.05) is 18.5 Å². The van der Waals surface area contributed by atoms with Gasteiger partial charge in [-0.25, -0.2) is 9.97 Å². The Hall–Kier alpha value is -2.87. The monoisotopic (exact) mass is 386 g/mol. The first kappa shape index (κ1) is 18.5. The molecule has 0 aliphatic carbocycles. The molecule has 3 aromatic rings. The maximum atomic E-state index is 13.8. The second kappa shape index (κ2) is 6.94. The van der Waals surface area contributed by atoms with E-state index in [0.717, 1.165) is 24.2 Å². The van der Waals surface area contributed by atoms with E-state index in [9.17, 15) is 13.6 Å². The molecule has 1 saturated heterocycles. The van der Waals surface area contributed by atoms with Crippen LogP contribution in [0.15, 0.2) is 36.7 Å². The first-order valence-electron chi connectivity index (χ1n) is 9.04. The number of carbonyl (C=O) groups is 1. The van der Waals surface area contributed by atoms with Gasteiger partial charge in [0.15, 0.2) is 0 Å². The lowest BCUT2D eigenvalue weighted by molar-refractivity contribution is -0.114. The fraction of sp³-hybridized carbons (Fsp3) is 0.350. The lowest BCUT2D eigenvalue weighted by Crippen LogP contribution is -2.09. The topological polar surface area (TPSA) is 69.0 Å². The van der Waals surface area contributed by atoms with E-state index < -0.39 is 5.92 Å². The van der Waals surface area contributed by atoms with Crippen molar-refractivity contribution >= 4 is 22.6 Å². The van der Waals surface area contributed by atoms with Crippen molar-refractivity contribution in [3.8, 4) is 11.3 Å². The van der Waals surface area contributed by atoms with Crippen LogP contribution in [-0.2, 0) is 15.5 Å². The predicted octanol–water partition coefficient (Wildman–Crippen LogP) is 4.13. The van der Waals surface area contributed by atoms with E-state index in [0.29, 0.717) is 30.3 Å². The Kier molecular flexibility index (Phi) is 4.58. The summed E-state index contributed by atoms with van der Waals surface area (Å²) in [4.78, 5) is 19.9. The Labute approximate surface area is 160 Å². The van der Waals surface area contributed by atoms with Crippen molar-refractivity contribution in [3.63, 3.8) is 0 Å². The molecule has 1 unspecified atom stereocenters. The SMILES string of the molecule is CC(=O)Nc1cc2c(-c3cccc(C(C)(F)F)n3)cn(C3CCOC3)c2cn1. The van der Waals surface area contributed by atoms with Crippen LogP contribution in [0, 0.1) is 0 Å². The Morgan fingerprint density at radius 1 is 1.39 bits per heavy atom. The summed E-state index contributed by atoms with van der Waals surface area (Å²) >= 11 is 0. The molecule has 28 heavy (non-hydrogen) atoms. The predicted molar refractivity (Wildman–Crippen MR) is 101 cm³/mol. The minimum Gasteiger partial charge on any atom is -0.379 e. The number of halogens is 2. The van der Waals surface area contributed by atoms with E-state index in [1.165, 1.54) is 13.0 Å². The van der Waals surface area contributed by atoms with Gasteiger partial charge >= 0.3 is 0 Å². The molecule has 6 nitrogen and oxygen atoms in total. The second-order valence-corrected chi connectivity index (χ2v) is 7.03. The summed E-state index contributed by atoms with van der Waals surface area (Å²) in [7, 11) is 0. The number of carbonyl (C=O) groups excluding carboxylic acids is 1. The van der Waals surface area contributed by atoms with Gasteiger partial charge in [0, 0.05) is 37.6 Å². The van der Waals surface area contributed by atoms with Gasteiger partial charge in [0.1, 0.15) is 11.5 Å². The highest BCUT2D eigenvalue weighted by Crippen LogP contribution is 2.36. The van der Waals surface area contributed by atoms with Crippen molar-refractivity contribution in [1.82, 2.24) is 14.5 Å². The molecule has 0 aromatic carbocycles. The largest absolute Gasteiger partial charge is 0.379 e. The van der Waals surface area contributed by atoms with Crippen LogP contribution in [0.1, 0.15) is 32.0 Å². The number of nitrogens with zero attached hydrogens (tertiary/aromatic N) is 3. The molecule has 0 saturated carbocycles. The summed E-state index contributed by atoms with van der Waals surface area (Å²) in [5.74, 6) is -2.86. The maximum absolute atomic E-state index is 13.8. The van der Waals surface area contributed by atoms with Gasteiger partial charge in [-0.1, -0.05) is 6.07 Å². The Morgan fingerprint density at radius 3 is 2.89 bits per heavy atom. The first-order valence-corrected chi connectivity index (χ1v) is 9.04. The number of pyridine rings is 2. The number of anilines is 1. The zero-order valence-corrected chi connectivity index (χ0v) is 15.6. The zero-order chi connectivity index (χ0) is 19.9. The van der Waals surface area contributed by atoms with Crippen LogP contribution >= 0.6 is 0 Å². The number of fused-ring (bicyclic) bond motifs is 1. The molecule has 8 heteroatoms. The van der Waals surface area contributed by atoms with Crippen LogP contribution in [0.5, 0.6) is 0 Å². The van der Waals surface area contributed by atoms with Gasteiger partial charge in [-0.05, 0) is 24.6 Å². The molecule has 1 fully saturated rings. The Balaban J connectivity index is 1.89. The fourth-order valence-corrected chi connectivity index (χ4v) is 3.47. The molecular weight excluding hydrogens is 366 g/mol. The molecule has 1 N–H and O–H groups in total. The molecule has 0 bridgehead atoms. The highest BCUT2D eigenvalue weighted by Gasteiger charge is 2.27. The van der Waals surface area contributed by atoms with Crippen LogP contribution in [0.4, 0.5) is 14.6 Å². The van der Waals surface area contributed by atoms with E-state index in [1.54, 1.807) is 24.4 Å². The molecule has 4 rings (SSSR count). The molecule has 146 valence electrons. The highest BCUT2D eigenvalue weighted by molar-refractivity contribution is 5.98. The fourth-order valence-electron chi connectivity index (χ4n) is 3.47. The van der Waals surface area contributed by atoms with Crippen molar-refractivity contribution < 1.29 is 18.3 Å². The second-order valence-electron chi connectivity index (χ2n) is 7.03. The molecule has 3 aromatic heterocycles. The first-order chi connectivity index (χ1) is 13.3. The van der Waals surface area contributed by atoms with Crippen molar-refractivity contribution in [1.29, 1.82) is 0 Å². The number of amides is 1. The van der Waals surface area contributed by atoms with Crippen molar-refractivity contribution in [2.24, 2.45) is 0 Å². The molecule has 1 amide bonds. The normalized spacial score (nSPS) is 17.2. The molecule has 0 radical (unpaired) electrons. The van der Waals surface area contributed by atoms with Crippen LogP contribution in [0.25, 0.3) is 22.2 Å². The summed E-state index contributed by atoms with van der Waals surface area (Å²) in [5.41, 5.74) is 1.71. The summed E-state index contributed by atoms with van der Waals surface area (Å²) < 4.78 is 35.1. The van der Waals surface area contributed by atoms with Crippen LogP contribution in [0.3, 0.4) is 0 Å².